The van der Waals surface area contributed by atoms with Gasteiger partial charge in [0.1, 0.15) is 0 Å². The minimum absolute atomic E-state index is 0.0791. The molecular formula is C16H16N2O3S. The van der Waals surface area contributed by atoms with Crippen molar-refractivity contribution in [2.24, 2.45) is 0 Å². The number of hydrogen-bond donors (Lipinski definition) is 1. The fourth-order valence-electron chi connectivity index (χ4n) is 2.30. The van der Waals surface area contributed by atoms with E-state index in [0.29, 0.717) is 43.1 Å². The minimum Gasteiger partial charge on any atom is -0.378 e. The summed E-state index contributed by atoms with van der Waals surface area (Å²) in [6.07, 6.45) is 0. The summed E-state index contributed by atoms with van der Waals surface area (Å²) in [5.74, 6) is -0.284. The fraction of sp³-hybridized carbons (Fsp3) is 0.250. The molecule has 1 aromatic carbocycles. The number of nitrogens with one attached hydrogen (secondary N) is 1. The zero-order chi connectivity index (χ0) is 15.4. The molecular weight excluding hydrogens is 300 g/mol. The van der Waals surface area contributed by atoms with Crippen LogP contribution in [-0.4, -0.2) is 43.0 Å². The van der Waals surface area contributed by atoms with E-state index in [2.05, 4.69) is 5.32 Å². The van der Waals surface area contributed by atoms with E-state index >= 15 is 0 Å². The predicted molar refractivity (Wildman–Crippen MR) is 85.4 cm³/mol. The molecule has 2 aromatic rings. The first-order chi connectivity index (χ1) is 10.8. The number of carbonyl (C=O) groups excluding carboxylic acids is 2. The molecule has 1 aliphatic rings. The molecule has 2 amide bonds. The molecule has 114 valence electrons. The number of benzene rings is 1. The molecule has 3 rings (SSSR count). The normalized spacial score (nSPS) is 14.6. The molecule has 5 nitrogen and oxygen atoms in total. The number of morpholine rings is 1. The zero-order valence-corrected chi connectivity index (χ0v) is 12.8. The molecule has 1 saturated heterocycles. The number of para-hydroxylation sites is 1. The Morgan fingerprint density at radius 3 is 2.64 bits per heavy atom. The monoisotopic (exact) mass is 316 g/mol. The van der Waals surface area contributed by atoms with E-state index in [1.165, 1.54) is 11.3 Å². The van der Waals surface area contributed by atoms with Gasteiger partial charge in [0.05, 0.1) is 30.0 Å². The molecule has 2 heterocycles. The molecule has 0 spiro atoms. The Bertz CT molecular complexity index is 664. The van der Waals surface area contributed by atoms with Gasteiger partial charge in [-0.3, -0.25) is 9.59 Å². The van der Waals surface area contributed by atoms with Gasteiger partial charge in [0, 0.05) is 18.5 Å². The van der Waals surface area contributed by atoms with Gasteiger partial charge < -0.3 is 15.0 Å². The van der Waals surface area contributed by atoms with Crippen molar-refractivity contribution in [1.82, 2.24) is 4.90 Å². The maximum absolute atomic E-state index is 12.6. The molecule has 0 unspecified atom stereocenters. The minimum atomic E-state index is -0.205. The van der Waals surface area contributed by atoms with E-state index in [9.17, 15) is 9.59 Å². The Morgan fingerprint density at radius 1 is 1.14 bits per heavy atom. The van der Waals surface area contributed by atoms with E-state index < -0.39 is 0 Å². The maximum Gasteiger partial charge on any atom is 0.256 e. The number of amides is 2. The molecule has 22 heavy (non-hydrogen) atoms. The smallest absolute Gasteiger partial charge is 0.256 e. The van der Waals surface area contributed by atoms with Crippen LogP contribution in [0.15, 0.2) is 41.1 Å². The van der Waals surface area contributed by atoms with Gasteiger partial charge in [-0.1, -0.05) is 12.1 Å². The van der Waals surface area contributed by atoms with Gasteiger partial charge in [0.15, 0.2) is 0 Å². The van der Waals surface area contributed by atoms with Gasteiger partial charge in [-0.05, 0) is 23.6 Å². The molecule has 0 aliphatic carbocycles. The molecule has 0 saturated carbocycles. The van der Waals surface area contributed by atoms with Crippen LogP contribution in [0.5, 0.6) is 0 Å². The topological polar surface area (TPSA) is 58.6 Å². The first kappa shape index (κ1) is 14.7. The van der Waals surface area contributed by atoms with Gasteiger partial charge in [-0.2, -0.15) is 11.3 Å². The Hall–Kier alpha value is -2.18. The van der Waals surface area contributed by atoms with E-state index in [1.54, 1.807) is 40.6 Å². The van der Waals surface area contributed by atoms with Gasteiger partial charge >= 0.3 is 0 Å². The summed E-state index contributed by atoms with van der Waals surface area (Å²) in [6.45, 7) is 2.25. The highest BCUT2D eigenvalue weighted by Crippen LogP contribution is 2.19. The van der Waals surface area contributed by atoms with Crippen LogP contribution in [0, 0.1) is 0 Å². The van der Waals surface area contributed by atoms with E-state index in [1.807, 2.05) is 5.38 Å². The number of nitrogens with zero attached hydrogens (tertiary/aromatic N) is 1. The first-order valence-corrected chi connectivity index (χ1v) is 7.99. The summed E-state index contributed by atoms with van der Waals surface area (Å²) in [6, 6.07) is 8.85. The van der Waals surface area contributed by atoms with Crippen LogP contribution in [0.25, 0.3) is 0 Å². The molecule has 1 aromatic heterocycles. The maximum atomic E-state index is 12.6. The van der Waals surface area contributed by atoms with Crippen molar-refractivity contribution in [1.29, 1.82) is 0 Å². The predicted octanol–water partition coefficient (Wildman–Crippen LogP) is 2.47. The van der Waals surface area contributed by atoms with Gasteiger partial charge in [0.25, 0.3) is 11.8 Å². The third-order valence-corrected chi connectivity index (χ3v) is 4.17. The lowest BCUT2D eigenvalue weighted by Gasteiger charge is -2.27. The Balaban J connectivity index is 1.80. The lowest BCUT2D eigenvalue weighted by atomic mass is 10.1. The largest absolute Gasteiger partial charge is 0.378 e. The number of anilines is 1. The van der Waals surface area contributed by atoms with Crippen molar-refractivity contribution in [3.8, 4) is 0 Å². The summed E-state index contributed by atoms with van der Waals surface area (Å²) in [5, 5.41) is 6.45. The Kier molecular flexibility index (Phi) is 4.50. The standard InChI is InChI=1S/C16H16N2O3S/c19-15(12-5-10-22-11-12)17-14-4-2-1-3-13(14)16(20)18-6-8-21-9-7-18/h1-5,10-11H,6-9H2,(H,17,19). The molecule has 1 aliphatic heterocycles. The Labute approximate surface area is 132 Å². The molecule has 0 bridgehead atoms. The van der Waals surface area contributed by atoms with Gasteiger partial charge in [0.2, 0.25) is 0 Å². The average Bonchev–Trinajstić information content (AvgIpc) is 3.10. The van der Waals surface area contributed by atoms with E-state index in [0.717, 1.165) is 0 Å². The number of thiophene rings is 1. The van der Waals surface area contributed by atoms with E-state index in [-0.39, 0.29) is 11.8 Å². The second-order valence-electron chi connectivity index (χ2n) is 4.92. The van der Waals surface area contributed by atoms with Gasteiger partial charge in [-0.15, -0.1) is 0 Å². The van der Waals surface area contributed by atoms with E-state index in [4.69, 9.17) is 4.74 Å². The SMILES string of the molecule is O=C(Nc1ccccc1C(=O)N1CCOCC1)c1ccsc1. The Morgan fingerprint density at radius 2 is 1.91 bits per heavy atom. The van der Waals surface area contributed by atoms with Crippen molar-refractivity contribution < 1.29 is 14.3 Å². The molecule has 1 fully saturated rings. The number of ether oxygens (including phenoxy) is 1. The first-order valence-electron chi connectivity index (χ1n) is 7.05. The average molecular weight is 316 g/mol. The number of rotatable bonds is 3. The highest BCUT2D eigenvalue weighted by Gasteiger charge is 2.21. The zero-order valence-electron chi connectivity index (χ0n) is 12.0. The van der Waals surface area contributed by atoms with Crippen LogP contribution >= 0.6 is 11.3 Å². The van der Waals surface area contributed by atoms with Crippen molar-refractivity contribution >= 4 is 28.8 Å². The second-order valence-corrected chi connectivity index (χ2v) is 5.70. The van der Waals surface area contributed by atoms with Crippen LogP contribution in [0.4, 0.5) is 5.69 Å². The molecule has 0 radical (unpaired) electrons. The highest BCUT2D eigenvalue weighted by molar-refractivity contribution is 7.08. The van der Waals surface area contributed by atoms with Crippen LogP contribution < -0.4 is 5.32 Å². The summed E-state index contributed by atoms with van der Waals surface area (Å²) in [5.41, 5.74) is 1.64. The van der Waals surface area contributed by atoms with Crippen LogP contribution in [0.2, 0.25) is 0 Å². The lowest BCUT2D eigenvalue weighted by Crippen LogP contribution is -2.41. The summed E-state index contributed by atoms with van der Waals surface area (Å²) in [4.78, 5) is 26.5. The second kappa shape index (κ2) is 6.72. The number of carbonyl (C=O) groups is 2. The lowest BCUT2D eigenvalue weighted by molar-refractivity contribution is 0.0303. The van der Waals surface area contributed by atoms with Crippen molar-refractivity contribution in [2.75, 3.05) is 31.6 Å². The van der Waals surface area contributed by atoms with Crippen LogP contribution in [-0.2, 0) is 4.74 Å². The molecule has 0 atom stereocenters. The van der Waals surface area contributed by atoms with Crippen LogP contribution in [0.1, 0.15) is 20.7 Å². The fourth-order valence-corrected chi connectivity index (χ4v) is 2.94. The summed E-state index contributed by atoms with van der Waals surface area (Å²) in [7, 11) is 0. The van der Waals surface area contributed by atoms with Crippen molar-refractivity contribution in [3.05, 3.63) is 52.2 Å². The molecule has 6 heteroatoms. The van der Waals surface area contributed by atoms with Crippen molar-refractivity contribution in [3.63, 3.8) is 0 Å². The van der Waals surface area contributed by atoms with Gasteiger partial charge in [-0.25, -0.2) is 0 Å². The summed E-state index contributed by atoms with van der Waals surface area (Å²) < 4.78 is 5.27. The third-order valence-electron chi connectivity index (χ3n) is 3.49. The van der Waals surface area contributed by atoms with Crippen molar-refractivity contribution in [2.45, 2.75) is 0 Å². The highest BCUT2D eigenvalue weighted by atomic mass is 32.1. The quantitative estimate of drug-likeness (QED) is 0.946. The van der Waals surface area contributed by atoms with Crippen LogP contribution in [0.3, 0.4) is 0 Å². The summed E-state index contributed by atoms with van der Waals surface area (Å²) >= 11 is 1.46. The number of hydrogen-bond acceptors (Lipinski definition) is 4. The third kappa shape index (κ3) is 3.18. The molecule has 1 N–H and O–H groups in total.